The summed E-state index contributed by atoms with van der Waals surface area (Å²) < 4.78 is 24.1. The summed E-state index contributed by atoms with van der Waals surface area (Å²) in [6, 6.07) is 4.54. The zero-order chi connectivity index (χ0) is 14.7. The van der Waals surface area contributed by atoms with E-state index in [1.807, 2.05) is 0 Å². The van der Waals surface area contributed by atoms with E-state index in [4.69, 9.17) is 9.47 Å². The lowest BCUT2D eigenvalue weighted by Gasteiger charge is -2.06. The van der Waals surface area contributed by atoms with Gasteiger partial charge in [-0.2, -0.15) is 0 Å². The van der Waals surface area contributed by atoms with Crippen LogP contribution < -0.4 is 4.74 Å². The number of halogens is 1. The number of esters is 1. The van der Waals surface area contributed by atoms with Crippen LogP contribution in [0.2, 0.25) is 0 Å². The molecule has 0 aliphatic rings. The molecule has 2 aromatic rings. The highest BCUT2D eigenvalue weighted by molar-refractivity contribution is 7.15. The molecule has 1 heterocycles. The highest BCUT2D eigenvalue weighted by Crippen LogP contribution is 2.36. The van der Waals surface area contributed by atoms with E-state index in [-0.39, 0.29) is 17.9 Å². The summed E-state index contributed by atoms with van der Waals surface area (Å²) in [7, 11) is 1.46. The van der Waals surface area contributed by atoms with E-state index in [0.29, 0.717) is 15.6 Å². The van der Waals surface area contributed by atoms with Crippen molar-refractivity contribution in [2.24, 2.45) is 0 Å². The van der Waals surface area contributed by atoms with Crippen molar-refractivity contribution < 1.29 is 18.7 Å². The van der Waals surface area contributed by atoms with Gasteiger partial charge in [0.15, 0.2) is 5.69 Å². The van der Waals surface area contributed by atoms with Crippen molar-refractivity contribution in [3.8, 4) is 16.3 Å². The maximum absolute atomic E-state index is 14.0. The number of carbonyl (C=O) groups excluding carboxylic acids is 1. The van der Waals surface area contributed by atoms with Crippen molar-refractivity contribution in [2.75, 3.05) is 13.7 Å². The van der Waals surface area contributed by atoms with Crippen LogP contribution in [0.15, 0.2) is 18.2 Å². The SMILES string of the molecule is CCOC(=O)c1nc(-c2c(F)cccc2OC)sc1C. The van der Waals surface area contributed by atoms with Gasteiger partial charge in [0.1, 0.15) is 16.6 Å². The second kappa shape index (κ2) is 6.00. The Morgan fingerprint density at radius 3 is 2.85 bits per heavy atom. The van der Waals surface area contributed by atoms with E-state index in [1.54, 1.807) is 26.0 Å². The normalized spacial score (nSPS) is 10.4. The van der Waals surface area contributed by atoms with Gasteiger partial charge in [0.2, 0.25) is 0 Å². The number of benzene rings is 1. The van der Waals surface area contributed by atoms with E-state index in [1.165, 1.54) is 24.5 Å². The van der Waals surface area contributed by atoms with Crippen LogP contribution in [0.3, 0.4) is 0 Å². The van der Waals surface area contributed by atoms with Crippen molar-refractivity contribution in [3.05, 3.63) is 34.6 Å². The molecule has 0 aliphatic heterocycles. The van der Waals surface area contributed by atoms with Crippen LogP contribution in [0.1, 0.15) is 22.3 Å². The summed E-state index contributed by atoms with van der Waals surface area (Å²) in [5.74, 6) is -0.550. The molecular weight excluding hydrogens is 281 g/mol. The molecule has 0 spiro atoms. The lowest BCUT2D eigenvalue weighted by atomic mass is 10.2. The van der Waals surface area contributed by atoms with E-state index in [9.17, 15) is 9.18 Å². The summed E-state index contributed by atoms with van der Waals surface area (Å²) in [6.07, 6.45) is 0. The molecule has 0 saturated heterocycles. The molecule has 0 bridgehead atoms. The lowest BCUT2D eigenvalue weighted by Crippen LogP contribution is -2.06. The van der Waals surface area contributed by atoms with Gasteiger partial charge in [-0.15, -0.1) is 11.3 Å². The molecule has 0 aliphatic carbocycles. The Morgan fingerprint density at radius 2 is 2.20 bits per heavy atom. The fourth-order valence-corrected chi connectivity index (χ4v) is 2.73. The van der Waals surface area contributed by atoms with Crippen LogP contribution >= 0.6 is 11.3 Å². The van der Waals surface area contributed by atoms with Crippen LogP contribution in [-0.2, 0) is 4.74 Å². The topological polar surface area (TPSA) is 48.4 Å². The molecule has 20 heavy (non-hydrogen) atoms. The molecule has 6 heteroatoms. The Bertz CT molecular complexity index is 639. The Kier molecular flexibility index (Phi) is 4.34. The van der Waals surface area contributed by atoms with E-state index in [2.05, 4.69) is 4.98 Å². The van der Waals surface area contributed by atoms with Gasteiger partial charge in [0, 0.05) is 4.88 Å². The smallest absolute Gasteiger partial charge is 0.358 e. The first-order valence-corrected chi connectivity index (χ1v) is 6.87. The molecule has 1 aromatic carbocycles. The van der Waals surface area contributed by atoms with Gasteiger partial charge in [-0.3, -0.25) is 0 Å². The number of aromatic nitrogens is 1. The van der Waals surface area contributed by atoms with E-state index in [0.717, 1.165) is 0 Å². The lowest BCUT2D eigenvalue weighted by molar-refractivity contribution is 0.0519. The molecule has 0 unspecified atom stereocenters. The number of rotatable bonds is 4. The second-order valence-corrected chi connectivity index (χ2v) is 5.16. The number of aryl methyl sites for hydroxylation is 1. The minimum Gasteiger partial charge on any atom is -0.496 e. The summed E-state index contributed by atoms with van der Waals surface area (Å²) in [5, 5.41) is 0.403. The zero-order valence-electron chi connectivity index (χ0n) is 11.4. The van der Waals surface area contributed by atoms with Crippen LogP contribution in [-0.4, -0.2) is 24.7 Å². The van der Waals surface area contributed by atoms with Gasteiger partial charge < -0.3 is 9.47 Å². The molecule has 106 valence electrons. The first-order chi connectivity index (χ1) is 9.58. The largest absolute Gasteiger partial charge is 0.496 e. The molecule has 0 N–H and O–H groups in total. The summed E-state index contributed by atoms with van der Waals surface area (Å²) >= 11 is 1.23. The Labute approximate surface area is 120 Å². The molecule has 4 nitrogen and oxygen atoms in total. The number of thiazole rings is 1. The summed E-state index contributed by atoms with van der Waals surface area (Å²) in [5.41, 5.74) is 0.482. The van der Waals surface area contributed by atoms with E-state index < -0.39 is 11.8 Å². The monoisotopic (exact) mass is 295 g/mol. The highest BCUT2D eigenvalue weighted by atomic mass is 32.1. The number of ether oxygens (including phenoxy) is 2. The van der Waals surface area contributed by atoms with Crippen molar-refractivity contribution in [3.63, 3.8) is 0 Å². The number of methoxy groups -OCH3 is 1. The number of carbonyl (C=O) groups is 1. The van der Waals surface area contributed by atoms with Gasteiger partial charge in [-0.05, 0) is 26.0 Å². The summed E-state index contributed by atoms with van der Waals surface area (Å²) in [6.45, 7) is 3.75. The molecule has 0 atom stereocenters. The molecule has 2 rings (SSSR count). The standard InChI is InChI=1S/C14H14FNO3S/c1-4-19-14(17)12-8(2)20-13(16-12)11-9(15)6-5-7-10(11)18-3/h5-7H,4H2,1-3H3. The minimum atomic E-state index is -0.497. The minimum absolute atomic E-state index is 0.220. The van der Waals surface area contributed by atoms with Gasteiger partial charge in [0.05, 0.1) is 19.3 Å². The van der Waals surface area contributed by atoms with E-state index >= 15 is 0 Å². The quantitative estimate of drug-likeness (QED) is 0.811. The highest BCUT2D eigenvalue weighted by Gasteiger charge is 2.21. The molecule has 0 amide bonds. The Balaban J connectivity index is 2.50. The predicted molar refractivity (Wildman–Crippen MR) is 74.8 cm³/mol. The van der Waals surface area contributed by atoms with Crippen LogP contribution in [0.25, 0.3) is 10.6 Å². The summed E-state index contributed by atoms with van der Waals surface area (Å²) in [4.78, 5) is 16.6. The molecule has 0 saturated carbocycles. The molecule has 0 radical (unpaired) electrons. The maximum atomic E-state index is 14.0. The van der Waals surface area contributed by atoms with Crippen LogP contribution in [0, 0.1) is 12.7 Å². The van der Waals surface area contributed by atoms with Crippen LogP contribution in [0.4, 0.5) is 4.39 Å². The third-order valence-corrected chi connectivity index (χ3v) is 3.66. The van der Waals surface area contributed by atoms with Gasteiger partial charge in [0.25, 0.3) is 0 Å². The van der Waals surface area contributed by atoms with Crippen molar-refractivity contribution in [2.45, 2.75) is 13.8 Å². The molecular formula is C14H14FNO3S. The van der Waals surface area contributed by atoms with Crippen molar-refractivity contribution in [1.29, 1.82) is 0 Å². The number of nitrogens with zero attached hydrogens (tertiary/aromatic N) is 1. The van der Waals surface area contributed by atoms with Gasteiger partial charge in [-0.25, -0.2) is 14.2 Å². The fraction of sp³-hybridized carbons (Fsp3) is 0.286. The van der Waals surface area contributed by atoms with Crippen molar-refractivity contribution >= 4 is 17.3 Å². The first kappa shape index (κ1) is 14.5. The maximum Gasteiger partial charge on any atom is 0.358 e. The number of hydrogen-bond donors (Lipinski definition) is 0. The van der Waals surface area contributed by atoms with Gasteiger partial charge >= 0.3 is 5.97 Å². The zero-order valence-corrected chi connectivity index (χ0v) is 12.2. The second-order valence-electron chi connectivity index (χ2n) is 3.96. The molecule has 0 fully saturated rings. The van der Waals surface area contributed by atoms with Crippen LogP contribution in [0.5, 0.6) is 5.75 Å². The third-order valence-electron chi connectivity index (χ3n) is 2.67. The molecule has 1 aromatic heterocycles. The Morgan fingerprint density at radius 1 is 1.45 bits per heavy atom. The predicted octanol–water partition coefficient (Wildman–Crippen LogP) is 3.44. The average molecular weight is 295 g/mol. The Hall–Kier alpha value is -1.95. The first-order valence-electron chi connectivity index (χ1n) is 6.05. The van der Waals surface area contributed by atoms with Gasteiger partial charge in [-0.1, -0.05) is 6.07 Å². The van der Waals surface area contributed by atoms with Crippen molar-refractivity contribution in [1.82, 2.24) is 4.98 Å². The third kappa shape index (κ3) is 2.65. The fourth-order valence-electron chi connectivity index (χ4n) is 1.77. The number of hydrogen-bond acceptors (Lipinski definition) is 5. The average Bonchev–Trinajstić information content (AvgIpc) is 2.80.